The normalized spacial score (nSPS) is 14.4. The quantitative estimate of drug-likeness (QED) is 0.821. The van der Waals surface area contributed by atoms with Gasteiger partial charge in [-0.1, -0.05) is 12.1 Å². The number of ether oxygens (including phenoxy) is 1. The Morgan fingerprint density at radius 3 is 2.42 bits per heavy atom. The molecule has 26 heavy (non-hydrogen) atoms. The smallest absolute Gasteiger partial charge is 0.226 e. The molecule has 0 bridgehead atoms. The van der Waals surface area contributed by atoms with Gasteiger partial charge in [0, 0.05) is 31.9 Å². The second kappa shape index (κ2) is 8.21. The van der Waals surface area contributed by atoms with E-state index >= 15 is 0 Å². The average Bonchev–Trinajstić information content (AvgIpc) is 2.66. The highest BCUT2D eigenvalue weighted by Gasteiger charge is 2.21. The van der Waals surface area contributed by atoms with E-state index in [4.69, 9.17) is 4.74 Å². The Hall–Kier alpha value is -2.56. The SMILES string of the molecule is Cc1cccc(OCCC(=O)N2CCN(c3ccc(F)cc3)CC2)c1C. The van der Waals surface area contributed by atoms with Crippen LogP contribution < -0.4 is 9.64 Å². The molecule has 2 aromatic carbocycles. The molecule has 1 saturated heterocycles. The van der Waals surface area contributed by atoms with Crippen LogP contribution in [0.5, 0.6) is 5.75 Å². The predicted octanol–water partition coefficient (Wildman–Crippen LogP) is 3.56. The Balaban J connectivity index is 1.45. The second-order valence-corrected chi connectivity index (χ2v) is 6.64. The van der Waals surface area contributed by atoms with Crippen LogP contribution in [0.3, 0.4) is 0 Å². The van der Waals surface area contributed by atoms with Crippen molar-refractivity contribution >= 4 is 11.6 Å². The number of hydrogen-bond acceptors (Lipinski definition) is 3. The molecular weight excluding hydrogens is 331 g/mol. The average molecular weight is 356 g/mol. The maximum Gasteiger partial charge on any atom is 0.226 e. The number of piperazine rings is 1. The van der Waals surface area contributed by atoms with Crippen LogP contribution in [-0.4, -0.2) is 43.6 Å². The minimum Gasteiger partial charge on any atom is -0.493 e. The van der Waals surface area contributed by atoms with Crippen molar-refractivity contribution in [1.82, 2.24) is 4.90 Å². The molecule has 0 N–H and O–H groups in total. The van der Waals surface area contributed by atoms with Gasteiger partial charge in [0.2, 0.25) is 5.91 Å². The fourth-order valence-electron chi connectivity index (χ4n) is 3.15. The van der Waals surface area contributed by atoms with E-state index in [0.29, 0.717) is 26.1 Å². The van der Waals surface area contributed by atoms with Crippen LogP contribution in [0.2, 0.25) is 0 Å². The lowest BCUT2D eigenvalue weighted by molar-refractivity contribution is -0.132. The Morgan fingerprint density at radius 1 is 1.04 bits per heavy atom. The fraction of sp³-hybridized carbons (Fsp3) is 0.381. The number of nitrogens with zero attached hydrogens (tertiary/aromatic N) is 2. The summed E-state index contributed by atoms with van der Waals surface area (Å²) in [5.74, 6) is 0.736. The molecule has 0 radical (unpaired) electrons. The number of carbonyl (C=O) groups excluding carboxylic acids is 1. The van der Waals surface area contributed by atoms with Crippen LogP contribution in [-0.2, 0) is 4.79 Å². The van der Waals surface area contributed by atoms with Crippen molar-refractivity contribution in [2.24, 2.45) is 0 Å². The van der Waals surface area contributed by atoms with E-state index in [0.717, 1.165) is 30.1 Å². The summed E-state index contributed by atoms with van der Waals surface area (Å²) >= 11 is 0. The molecule has 1 heterocycles. The first kappa shape index (κ1) is 18.2. The van der Waals surface area contributed by atoms with E-state index in [1.54, 1.807) is 12.1 Å². The number of hydrogen-bond donors (Lipinski definition) is 0. The van der Waals surface area contributed by atoms with Gasteiger partial charge in [-0.05, 0) is 55.3 Å². The topological polar surface area (TPSA) is 32.8 Å². The third kappa shape index (κ3) is 4.34. The van der Waals surface area contributed by atoms with Gasteiger partial charge in [-0.15, -0.1) is 0 Å². The molecular formula is C21H25FN2O2. The predicted molar refractivity (Wildman–Crippen MR) is 101 cm³/mol. The summed E-state index contributed by atoms with van der Waals surface area (Å²) in [5, 5.41) is 0. The number of anilines is 1. The molecule has 4 nitrogen and oxygen atoms in total. The first-order valence-electron chi connectivity index (χ1n) is 9.02. The maximum absolute atomic E-state index is 13.0. The van der Waals surface area contributed by atoms with E-state index in [1.165, 1.54) is 17.7 Å². The van der Waals surface area contributed by atoms with E-state index in [2.05, 4.69) is 4.90 Å². The molecule has 0 aromatic heterocycles. The van der Waals surface area contributed by atoms with Crippen molar-refractivity contribution in [3.8, 4) is 5.75 Å². The summed E-state index contributed by atoms with van der Waals surface area (Å²) in [6.07, 6.45) is 0.379. The zero-order valence-electron chi connectivity index (χ0n) is 15.4. The monoisotopic (exact) mass is 356 g/mol. The van der Waals surface area contributed by atoms with E-state index in [-0.39, 0.29) is 11.7 Å². The summed E-state index contributed by atoms with van der Waals surface area (Å²) in [6.45, 7) is 7.35. The first-order chi connectivity index (χ1) is 12.5. The number of carbonyl (C=O) groups is 1. The van der Waals surface area contributed by atoms with Crippen molar-refractivity contribution < 1.29 is 13.9 Å². The van der Waals surface area contributed by atoms with Crippen LogP contribution in [0, 0.1) is 19.7 Å². The van der Waals surface area contributed by atoms with Gasteiger partial charge in [-0.25, -0.2) is 4.39 Å². The summed E-state index contributed by atoms with van der Waals surface area (Å²) in [4.78, 5) is 16.5. The summed E-state index contributed by atoms with van der Waals surface area (Å²) in [5.41, 5.74) is 3.30. The Bertz CT molecular complexity index is 753. The number of halogens is 1. The van der Waals surface area contributed by atoms with Gasteiger partial charge >= 0.3 is 0 Å². The van der Waals surface area contributed by atoms with Crippen molar-refractivity contribution in [2.45, 2.75) is 20.3 Å². The van der Waals surface area contributed by atoms with Crippen LogP contribution >= 0.6 is 0 Å². The molecule has 1 fully saturated rings. The highest BCUT2D eigenvalue weighted by molar-refractivity contribution is 5.76. The standard InChI is InChI=1S/C21H25FN2O2/c1-16-4-3-5-20(17(16)2)26-15-10-21(25)24-13-11-23(12-14-24)19-8-6-18(22)7-9-19/h3-9H,10-15H2,1-2H3. The number of aryl methyl sites for hydroxylation is 1. The van der Waals surface area contributed by atoms with E-state index in [1.807, 2.05) is 36.9 Å². The molecule has 2 aromatic rings. The van der Waals surface area contributed by atoms with Gasteiger partial charge in [-0.3, -0.25) is 4.79 Å². The van der Waals surface area contributed by atoms with Gasteiger partial charge in [0.25, 0.3) is 0 Å². The van der Waals surface area contributed by atoms with Gasteiger partial charge < -0.3 is 14.5 Å². The molecule has 1 amide bonds. The molecule has 0 aliphatic carbocycles. The van der Waals surface area contributed by atoms with Gasteiger partial charge in [0.05, 0.1) is 13.0 Å². The third-order valence-corrected chi connectivity index (χ3v) is 4.95. The molecule has 3 rings (SSSR count). The van der Waals surface area contributed by atoms with Crippen LogP contribution in [0.15, 0.2) is 42.5 Å². The highest BCUT2D eigenvalue weighted by Crippen LogP contribution is 2.21. The lowest BCUT2D eigenvalue weighted by atomic mass is 10.1. The second-order valence-electron chi connectivity index (χ2n) is 6.64. The molecule has 0 spiro atoms. The minimum atomic E-state index is -0.230. The minimum absolute atomic E-state index is 0.120. The van der Waals surface area contributed by atoms with Gasteiger partial charge in [-0.2, -0.15) is 0 Å². The largest absolute Gasteiger partial charge is 0.493 e. The molecule has 1 aliphatic rings. The Labute approximate surface area is 154 Å². The highest BCUT2D eigenvalue weighted by atomic mass is 19.1. The van der Waals surface area contributed by atoms with Gasteiger partial charge in [0.15, 0.2) is 0 Å². The zero-order chi connectivity index (χ0) is 18.5. The van der Waals surface area contributed by atoms with Crippen molar-refractivity contribution in [1.29, 1.82) is 0 Å². The number of rotatable bonds is 5. The lowest BCUT2D eigenvalue weighted by Gasteiger charge is -2.36. The Kier molecular flexibility index (Phi) is 5.76. The van der Waals surface area contributed by atoms with Crippen LogP contribution in [0.1, 0.15) is 17.5 Å². The molecule has 138 valence electrons. The van der Waals surface area contributed by atoms with E-state index < -0.39 is 0 Å². The summed E-state index contributed by atoms with van der Waals surface area (Å²) in [6, 6.07) is 12.5. The summed E-state index contributed by atoms with van der Waals surface area (Å²) in [7, 11) is 0. The van der Waals surface area contributed by atoms with Crippen LogP contribution in [0.25, 0.3) is 0 Å². The maximum atomic E-state index is 13.0. The van der Waals surface area contributed by atoms with Crippen LogP contribution in [0.4, 0.5) is 10.1 Å². The van der Waals surface area contributed by atoms with Crippen molar-refractivity contribution in [3.63, 3.8) is 0 Å². The van der Waals surface area contributed by atoms with Gasteiger partial charge in [0.1, 0.15) is 11.6 Å². The fourth-order valence-corrected chi connectivity index (χ4v) is 3.15. The molecule has 5 heteroatoms. The van der Waals surface area contributed by atoms with Crippen molar-refractivity contribution in [3.05, 3.63) is 59.4 Å². The summed E-state index contributed by atoms with van der Waals surface area (Å²) < 4.78 is 18.8. The lowest BCUT2D eigenvalue weighted by Crippen LogP contribution is -2.49. The van der Waals surface area contributed by atoms with E-state index in [9.17, 15) is 9.18 Å². The number of amides is 1. The molecule has 0 saturated carbocycles. The Morgan fingerprint density at radius 2 is 1.73 bits per heavy atom. The molecule has 0 atom stereocenters. The third-order valence-electron chi connectivity index (χ3n) is 4.95. The first-order valence-corrected chi connectivity index (χ1v) is 9.02. The molecule has 1 aliphatic heterocycles. The van der Waals surface area contributed by atoms with Crippen molar-refractivity contribution in [2.75, 3.05) is 37.7 Å². The molecule has 0 unspecified atom stereocenters. The zero-order valence-corrected chi connectivity index (χ0v) is 15.4. The number of benzene rings is 2.